The molecule has 2 N–H and O–H groups in total. The van der Waals surface area contributed by atoms with Gasteiger partial charge in [-0.05, 0) is 43.4 Å². The second-order valence-corrected chi connectivity index (χ2v) is 6.31. The van der Waals surface area contributed by atoms with Gasteiger partial charge in [-0.25, -0.2) is 0 Å². The van der Waals surface area contributed by atoms with Crippen molar-refractivity contribution in [2.24, 2.45) is 5.41 Å². The molecule has 19 heavy (non-hydrogen) atoms. The average molecular weight is 258 g/mol. The molecule has 102 valence electrons. The molecule has 1 fully saturated rings. The van der Waals surface area contributed by atoms with Crippen molar-refractivity contribution in [1.29, 1.82) is 0 Å². The summed E-state index contributed by atoms with van der Waals surface area (Å²) in [5.74, 6) is 0.298. The summed E-state index contributed by atoms with van der Waals surface area (Å²) in [4.78, 5) is 14.8. The first kappa shape index (κ1) is 12.5. The third-order valence-corrected chi connectivity index (χ3v) is 4.83. The predicted octanol–water partition coefficient (Wildman–Crippen LogP) is 3.05. The summed E-state index contributed by atoms with van der Waals surface area (Å²) in [6, 6.07) is 4.11. The van der Waals surface area contributed by atoms with Crippen molar-refractivity contribution in [3.8, 4) is 0 Å². The van der Waals surface area contributed by atoms with Crippen molar-refractivity contribution in [1.82, 2.24) is 0 Å². The van der Waals surface area contributed by atoms with Gasteiger partial charge in [0, 0.05) is 23.3 Å². The average Bonchev–Trinajstić information content (AvgIpc) is 2.97. The van der Waals surface area contributed by atoms with E-state index in [1.54, 1.807) is 0 Å². The Kier molecular flexibility index (Phi) is 2.80. The lowest BCUT2D eigenvalue weighted by Gasteiger charge is -2.29. The molecule has 1 aromatic carbocycles. The molecule has 3 heteroatoms. The zero-order valence-corrected chi connectivity index (χ0v) is 11.8. The molecule has 1 saturated carbocycles. The number of benzene rings is 1. The van der Waals surface area contributed by atoms with Gasteiger partial charge < -0.3 is 10.6 Å². The Hall–Kier alpha value is -1.51. The fourth-order valence-electron chi connectivity index (χ4n) is 3.48. The summed E-state index contributed by atoms with van der Waals surface area (Å²) in [5.41, 5.74) is 10.1. The third kappa shape index (κ3) is 1.92. The van der Waals surface area contributed by atoms with E-state index >= 15 is 0 Å². The number of rotatable bonds is 1. The Morgan fingerprint density at radius 2 is 2.00 bits per heavy atom. The van der Waals surface area contributed by atoms with Crippen molar-refractivity contribution in [2.45, 2.75) is 46.0 Å². The van der Waals surface area contributed by atoms with E-state index in [1.807, 2.05) is 17.9 Å². The summed E-state index contributed by atoms with van der Waals surface area (Å²) in [6.07, 6.45) is 5.37. The third-order valence-electron chi connectivity index (χ3n) is 4.83. The van der Waals surface area contributed by atoms with Crippen LogP contribution in [-0.4, -0.2) is 12.5 Å². The summed E-state index contributed by atoms with van der Waals surface area (Å²) in [6.45, 7) is 4.96. The maximum atomic E-state index is 12.8. The fourth-order valence-corrected chi connectivity index (χ4v) is 3.48. The minimum atomic E-state index is -0.152. The van der Waals surface area contributed by atoms with Crippen molar-refractivity contribution in [3.63, 3.8) is 0 Å². The lowest BCUT2D eigenvalue weighted by Crippen LogP contribution is -2.40. The molecule has 1 aromatic rings. The van der Waals surface area contributed by atoms with E-state index in [0.717, 1.165) is 42.7 Å². The number of carbonyl (C=O) groups is 1. The molecule has 1 aliphatic heterocycles. The van der Waals surface area contributed by atoms with Crippen molar-refractivity contribution in [3.05, 3.63) is 23.3 Å². The number of hydrogen-bond acceptors (Lipinski definition) is 2. The highest BCUT2D eigenvalue weighted by Crippen LogP contribution is 2.42. The van der Waals surface area contributed by atoms with Crippen LogP contribution in [0.3, 0.4) is 0 Å². The molecule has 0 saturated heterocycles. The molecule has 0 aromatic heterocycles. The number of hydrogen-bond donors (Lipinski definition) is 1. The highest BCUT2D eigenvalue weighted by atomic mass is 16.2. The minimum absolute atomic E-state index is 0.152. The monoisotopic (exact) mass is 258 g/mol. The predicted molar refractivity (Wildman–Crippen MR) is 78.2 cm³/mol. The normalized spacial score (nSPS) is 20.6. The van der Waals surface area contributed by atoms with Gasteiger partial charge in [-0.1, -0.05) is 25.8 Å². The Labute approximate surface area is 114 Å². The Morgan fingerprint density at radius 1 is 1.32 bits per heavy atom. The summed E-state index contributed by atoms with van der Waals surface area (Å²) in [5, 5.41) is 0. The molecular formula is C16H22N2O. The molecule has 1 amide bonds. The number of carbonyl (C=O) groups excluding carboxylic acids is 1. The number of aryl methyl sites for hydroxylation is 1. The van der Waals surface area contributed by atoms with Gasteiger partial charge in [-0.15, -0.1) is 0 Å². The first-order valence-corrected chi connectivity index (χ1v) is 7.22. The second-order valence-electron chi connectivity index (χ2n) is 6.31. The molecular weight excluding hydrogens is 236 g/mol. The second kappa shape index (κ2) is 4.26. The van der Waals surface area contributed by atoms with Crippen LogP contribution in [0, 0.1) is 12.3 Å². The van der Waals surface area contributed by atoms with Crippen LogP contribution in [0.4, 0.5) is 11.4 Å². The Balaban J connectivity index is 1.94. The molecule has 3 nitrogen and oxygen atoms in total. The van der Waals surface area contributed by atoms with Gasteiger partial charge in [0.05, 0.1) is 0 Å². The van der Waals surface area contributed by atoms with Gasteiger partial charge in [-0.3, -0.25) is 4.79 Å². The van der Waals surface area contributed by atoms with Gasteiger partial charge >= 0.3 is 0 Å². The van der Waals surface area contributed by atoms with Crippen LogP contribution < -0.4 is 10.6 Å². The lowest BCUT2D eigenvalue weighted by molar-refractivity contribution is -0.127. The number of nitrogen functional groups attached to an aromatic ring is 1. The van der Waals surface area contributed by atoms with E-state index in [4.69, 9.17) is 5.73 Å². The molecule has 2 aliphatic rings. The van der Waals surface area contributed by atoms with Crippen LogP contribution in [0.15, 0.2) is 12.1 Å². The van der Waals surface area contributed by atoms with Crippen molar-refractivity contribution < 1.29 is 4.79 Å². The Bertz CT molecular complexity index is 530. The van der Waals surface area contributed by atoms with Crippen LogP contribution >= 0.6 is 0 Å². The lowest BCUT2D eigenvalue weighted by atomic mass is 9.87. The van der Waals surface area contributed by atoms with Crippen LogP contribution in [0.2, 0.25) is 0 Å². The van der Waals surface area contributed by atoms with Crippen LogP contribution in [0.5, 0.6) is 0 Å². The summed E-state index contributed by atoms with van der Waals surface area (Å²) in [7, 11) is 0. The molecule has 0 atom stereocenters. The van der Waals surface area contributed by atoms with Crippen LogP contribution in [-0.2, 0) is 11.2 Å². The highest BCUT2D eigenvalue weighted by Gasteiger charge is 2.41. The SMILES string of the molecule is Cc1cc2c(cc1N)N(C(=O)C1(C)CCCC1)CC2. The zero-order valence-electron chi connectivity index (χ0n) is 11.8. The smallest absolute Gasteiger partial charge is 0.232 e. The van der Waals surface area contributed by atoms with E-state index in [9.17, 15) is 4.79 Å². The van der Waals surface area contributed by atoms with Crippen molar-refractivity contribution in [2.75, 3.05) is 17.2 Å². The number of fused-ring (bicyclic) bond motifs is 1. The van der Waals surface area contributed by atoms with Crippen LogP contribution in [0.1, 0.15) is 43.7 Å². The summed E-state index contributed by atoms with van der Waals surface area (Å²) < 4.78 is 0. The molecule has 0 bridgehead atoms. The largest absolute Gasteiger partial charge is 0.398 e. The van der Waals surface area contributed by atoms with Gasteiger partial charge in [0.2, 0.25) is 5.91 Å². The van der Waals surface area contributed by atoms with E-state index < -0.39 is 0 Å². The molecule has 1 aliphatic carbocycles. The molecule has 1 heterocycles. The van der Waals surface area contributed by atoms with Crippen LogP contribution in [0.25, 0.3) is 0 Å². The van der Waals surface area contributed by atoms with E-state index in [-0.39, 0.29) is 5.41 Å². The first-order valence-electron chi connectivity index (χ1n) is 7.22. The van der Waals surface area contributed by atoms with E-state index in [2.05, 4.69) is 13.0 Å². The van der Waals surface area contributed by atoms with Gasteiger partial charge in [0.25, 0.3) is 0 Å². The van der Waals surface area contributed by atoms with Gasteiger partial charge in [0.1, 0.15) is 0 Å². The maximum absolute atomic E-state index is 12.8. The number of anilines is 2. The molecule has 0 unspecified atom stereocenters. The minimum Gasteiger partial charge on any atom is -0.398 e. The maximum Gasteiger partial charge on any atom is 0.232 e. The van der Waals surface area contributed by atoms with Gasteiger partial charge in [0.15, 0.2) is 0 Å². The van der Waals surface area contributed by atoms with E-state index in [0.29, 0.717) is 5.91 Å². The molecule has 0 radical (unpaired) electrons. The first-order chi connectivity index (χ1) is 9.01. The van der Waals surface area contributed by atoms with E-state index in [1.165, 1.54) is 18.4 Å². The van der Waals surface area contributed by atoms with Gasteiger partial charge in [-0.2, -0.15) is 0 Å². The highest BCUT2D eigenvalue weighted by molar-refractivity contribution is 5.99. The fraction of sp³-hybridized carbons (Fsp3) is 0.562. The topological polar surface area (TPSA) is 46.3 Å². The Morgan fingerprint density at radius 3 is 2.68 bits per heavy atom. The zero-order chi connectivity index (χ0) is 13.6. The van der Waals surface area contributed by atoms with Crippen molar-refractivity contribution >= 4 is 17.3 Å². The molecule has 0 spiro atoms. The summed E-state index contributed by atoms with van der Waals surface area (Å²) >= 11 is 0. The molecule has 3 rings (SSSR count). The number of amides is 1. The quantitative estimate of drug-likeness (QED) is 0.787. The number of nitrogens with two attached hydrogens (primary N) is 1. The number of nitrogens with zero attached hydrogens (tertiary/aromatic N) is 1. The standard InChI is InChI=1S/C16H22N2O/c1-11-9-12-5-8-18(14(12)10-13(11)17)15(19)16(2)6-3-4-7-16/h9-10H,3-8,17H2,1-2H3.